The largest absolute Gasteiger partial charge is 0.369 e. The highest BCUT2D eigenvalue weighted by Gasteiger charge is 2.21. The first-order valence-corrected chi connectivity index (χ1v) is 5.63. The van der Waals surface area contributed by atoms with Gasteiger partial charge in [-0.1, -0.05) is 24.4 Å². The summed E-state index contributed by atoms with van der Waals surface area (Å²) in [5.74, 6) is 0.770. The average molecular weight is 210 g/mol. The van der Waals surface area contributed by atoms with Crippen molar-refractivity contribution in [3.63, 3.8) is 0 Å². The van der Waals surface area contributed by atoms with Gasteiger partial charge in [-0.05, 0) is 12.8 Å². The van der Waals surface area contributed by atoms with Crippen molar-refractivity contribution in [2.75, 3.05) is 0 Å². The van der Waals surface area contributed by atoms with E-state index in [1.165, 1.54) is 19.3 Å². The van der Waals surface area contributed by atoms with Gasteiger partial charge in [-0.3, -0.25) is 0 Å². The van der Waals surface area contributed by atoms with E-state index in [0.29, 0.717) is 6.61 Å². The lowest BCUT2D eigenvalue weighted by molar-refractivity contribution is 0.00897. The summed E-state index contributed by atoms with van der Waals surface area (Å²) in [6, 6.07) is 2.00. The zero-order valence-corrected chi connectivity index (χ0v) is 8.89. The van der Waals surface area contributed by atoms with Crippen molar-refractivity contribution in [3.8, 4) is 0 Å². The van der Waals surface area contributed by atoms with Crippen LogP contribution in [0.3, 0.4) is 0 Å². The van der Waals surface area contributed by atoms with Gasteiger partial charge in [0.25, 0.3) is 0 Å². The van der Waals surface area contributed by atoms with Crippen LogP contribution in [0.15, 0.2) is 16.8 Å². The fourth-order valence-corrected chi connectivity index (χ4v) is 2.01. The molecule has 1 aromatic rings. The van der Waals surface area contributed by atoms with Crippen molar-refractivity contribution in [1.29, 1.82) is 0 Å². The van der Waals surface area contributed by atoms with E-state index in [0.717, 1.165) is 18.6 Å². The van der Waals surface area contributed by atoms with E-state index in [4.69, 9.17) is 15.0 Å². The molecule has 2 unspecified atom stereocenters. The van der Waals surface area contributed by atoms with Crippen molar-refractivity contribution < 1.29 is 9.26 Å². The van der Waals surface area contributed by atoms with E-state index < -0.39 is 0 Å². The molecule has 2 rings (SSSR count). The molecule has 1 aromatic heterocycles. The van der Waals surface area contributed by atoms with Gasteiger partial charge in [0, 0.05) is 12.1 Å². The predicted octanol–water partition coefficient (Wildman–Crippen LogP) is 1.85. The van der Waals surface area contributed by atoms with E-state index in [9.17, 15) is 0 Å². The van der Waals surface area contributed by atoms with Gasteiger partial charge >= 0.3 is 0 Å². The Hall–Kier alpha value is -0.870. The monoisotopic (exact) mass is 210 g/mol. The van der Waals surface area contributed by atoms with Crippen LogP contribution in [0.5, 0.6) is 0 Å². The van der Waals surface area contributed by atoms with Crippen LogP contribution in [0.4, 0.5) is 0 Å². The maximum Gasteiger partial charge on any atom is 0.162 e. The quantitative estimate of drug-likeness (QED) is 0.773. The van der Waals surface area contributed by atoms with E-state index in [1.54, 1.807) is 6.20 Å². The minimum atomic E-state index is 0.176. The molecule has 0 spiro atoms. The zero-order valence-electron chi connectivity index (χ0n) is 8.89. The summed E-state index contributed by atoms with van der Waals surface area (Å²) in [4.78, 5) is 0. The Morgan fingerprint density at radius 1 is 1.40 bits per heavy atom. The topological polar surface area (TPSA) is 61.3 Å². The molecule has 0 radical (unpaired) electrons. The molecule has 0 aromatic carbocycles. The first-order valence-electron chi connectivity index (χ1n) is 5.63. The highest BCUT2D eigenvalue weighted by Crippen LogP contribution is 2.20. The van der Waals surface area contributed by atoms with Crippen LogP contribution in [0.1, 0.15) is 37.9 Å². The molecule has 1 saturated carbocycles. The minimum Gasteiger partial charge on any atom is -0.369 e. The smallest absolute Gasteiger partial charge is 0.162 e. The van der Waals surface area contributed by atoms with E-state index >= 15 is 0 Å². The number of nitrogens with zero attached hydrogens (tertiary/aromatic N) is 1. The lowest BCUT2D eigenvalue weighted by Crippen LogP contribution is -2.35. The van der Waals surface area contributed by atoms with Gasteiger partial charge in [0.1, 0.15) is 6.61 Å². The Morgan fingerprint density at radius 3 is 3.07 bits per heavy atom. The minimum absolute atomic E-state index is 0.176. The van der Waals surface area contributed by atoms with Gasteiger partial charge in [0.05, 0.1) is 12.3 Å². The molecule has 1 aliphatic rings. The zero-order chi connectivity index (χ0) is 10.5. The van der Waals surface area contributed by atoms with Gasteiger partial charge in [-0.25, -0.2) is 0 Å². The fourth-order valence-electron chi connectivity index (χ4n) is 2.01. The fraction of sp³-hybridized carbons (Fsp3) is 0.727. The third kappa shape index (κ3) is 3.04. The number of ether oxygens (including phenoxy) is 1. The third-order valence-corrected chi connectivity index (χ3v) is 2.93. The summed E-state index contributed by atoms with van der Waals surface area (Å²) in [5, 5.41) is 3.64. The number of hydrogen-bond acceptors (Lipinski definition) is 4. The number of rotatable bonds is 3. The van der Waals surface area contributed by atoms with Crippen molar-refractivity contribution in [2.24, 2.45) is 5.73 Å². The van der Waals surface area contributed by atoms with Gasteiger partial charge in [-0.2, -0.15) is 0 Å². The second-order valence-electron chi connectivity index (χ2n) is 4.13. The molecule has 0 saturated heterocycles. The van der Waals surface area contributed by atoms with Crippen LogP contribution in [0.2, 0.25) is 0 Å². The molecule has 0 bridgehead atoms. The van der Waals surface area contributed by atoms with Crippen LogP contribution in [-0.4, -0.2) is 17.3 Å². The molecule has 84 valence electrons. The lowest BCUT2D eigenvalue weighted by atomic mass is 10.1. The highest BCUT2D eigenvalue weighted by atomic mass is 16.5. The summed E-state index contributed by atoms with van der Waals surface area (Å²) >= 11 is 0. The molecule has 2 N–H and O–H groups in total. The molecule has 0 amide bonds. The molecular weight excluding hydrogens is 192 g/mol. The molecular formula is C11H18N2O2. The van der Waals surface area contributed by atoms with Crippen molar-refractivity contribution in [1.82, 2.24) is 5.16 Å². The Labute approximate surface area is 89.8 Å². The van der Waals surface area contributed by atoms with Gasteiger partial charge < -0.3 is 15.0 Å². The Balaban J connectivity index is 1.81. The third-order valence-electron chi connectivity index (χ3n) is 2.93. The van der Waals surface area contributed by atoms with Crippen LogP contribution in [-0.2, 0) is 11.3 Å². The standard InChI is InChI=1S/C11H18N2O2/c12-10-4-2-1-3-5-11(10)14-8-9-6-7-13-15-9/h6-7,10-11H,1-5,8,12H2. The second-order valence-corrected chi connectivity index (χ2v) is 4.13. The summed E-state index contributed by atoms with van der Waals surface area (Å²) in [7, 11) is 0. The molecule has 1 aliphatic carbocycles. The molecule has 15 heavy (non-hydrogen) atoms. The Bertz CT molecular complexity index is 274. The van der Waals surface area contributed by atoms with Crippen LogP contribution in [0.25, 0.3) is 0 Å². The normalized spacial score (nSPS) is 27.5. The van der Waals surface area contributed by atoms with Crippen LogP contribution < -0.4 is 5.73 Å². The van der Waals surface area contributed by atoms with E-state index in [-0.39, 0.29) is 12.1 Å². The summed E-state index contributed by atoms with van der Waals surface area (Å²) < 4.78 is 10.7. The van der Waals surface area contributed by atoms with Crippen LogP contribution >= 0.6 is 0 Å². The summed E-state index contributed by atoms with van der Waals surface area (Å²) in [6.45, 7) is 0.484. The Morgan fingerprint density at radius 2 is 2.27 bits per heavy atom. The molecule has 2 atom stereocenters. The number of nitrogens with two attached hydrogens (primary N) is 1. The first-order chi connectivity index (χ1) is 7.36. The SMILES string of the molecule is NC1CCCCCC1OCc1ccno1. The summed E-state index contributed by atoms with van der Waals surface area (Å²) in [5.41, 5.74) is 6.05. The predicted molar refractivity (Wildman–Crippen MR) is 56.1 cm³/mol. The van der Waals surface area contributed by atoms with Crippen molar-refractivity contribution in [2.45, 2.75) is 50.9 Å². The molecule has 1 fully saturated rings. The molecule has 4 nitrogen and oxygen atoms in total. The maximum atomic E-state index is 6.05. The molecule has 4 heteroatoms. The highest BCUT2D eigenvalue weighted by molar-refractivity contribution is 4.90. The van der Waals surface area contributed by atoms with Gasteiger partial charge in [0.15, 0.2) is 5.76 Å². The first kappa shape index (κ1) is 10.6. The molecule has 0 aliphatic heterocycles. The lowest BCUT2D eigenvalue weighted by Gasteiger charge is -2.20. The van der Waals surface area contributed by atoms with E-state index in [1.807, 2.05) is 6.07 Å². The maximum absolute atomic E-state index is 6.05. The van der Waals surface area contributed by atoms with Crippen molar-refractivity contribution >= 4 is 0 Å². The van der Waals surface area contributed by atoms with Gasteiger partial charge in [0.2, 0.25) is 0 Å². The summed E-state index contributed by atoms with van der Waals surface area (Å²) in [6.07, 6.45) is 7.66. The Kier molecular flexibility index (Phi) is 3.75. The molecule has 1 heterocycles. The van der Waals surface area contributed by atoms with Crippen molar-refractivity contribution in [3.05, 3.63) is 18.0 Å². The second kappa shape index (κ2) is 5.28. The average Bonchev–Trinajstić information content (AvgIpc) is 2.67. The van der Waals surface area contributed by atoms with Gasteiger partial charge in [-0.15, -0.1) is 0 Å². The van der Waals surface area contributed by atoms with E-state index in [2.05, 4.69) is 5.16 Å². The van der Waals surface area contributed by atoms with Crippen LogP contribution in [0, 0.1) is 0 Å². The number of aromatic nitrogens is 1. The number of hydrogen-bond donors (Lipinski definition) is 1.